The van der Waals surface area contributed by atoms with Crippen LogP contribution in [0.5, 0.6) is 0 Å². The largest absolute Gasteiger partial charge is 0.352 e. The average Bonchev–Trinajstić information content (AvgIpc) is 3.02. The lowest BCUT2D eigenvalue weighted by molar-refractivity contribution is -0.136. The van der Waals surface area contributed by atoms with Gasteiger partial charge in [-0.2, -0.15) is 0 Å². The second-order valence-corrected chi connectivity index (χ2v) is 8.02. The van der Waals surface area contributed by atoms with Crippen molar-refractivity contribution in [2.45, 2.75) is 37.9 Å². The first-order valence-corrected chi connectivity index (χ1v) is 10.2. The molecule has 3 aliphatic rings. The van der Waals surface area contributed by atoms with E-state index in [0.29, 0.717) is 24.2 Å². The molecule has 4 heterocycles. The summed E-state index contributed by atoms with van der Waals surface area (Å²) < 4.78 is 0. The maximum Gasteiger partial charge on any atom is 0.262 e. The van der Waals surface area contributed by atoms with Gasteiger partial charge in [0, 0.05) is 37.3 Å². The Kier molecular flexibility index (Phi) is 4.55. The number of fused-ring (bicyclic) bond motifs is 2. The Bertz CT molecular complexity index is 1130. The molecule has 5 rings (SSSR count). The molecule has 2 unspecified atom stereocenters. The van der Waals surface area contributed by atoms with Crippen LogP contribution in [0, 0.1) is 0 Å². The molecule has 2 aromatic rings. The number of piperidine rings is 1. The van der Waals surface area contributed by atoms with Crippen molar-refractivity contribution >= 4 is 29.4 Å². The van der Waals surface area contributed by atoms with Crippen molar-refractivity contribution in [1.82, 2.24) is 15.2 Å². The van der Waals surface area contributed by atoms with Crippen LogP contribution < -0.4 is 16.0 Å². The van der Waals surface area contributed by atoms with Crippen molar-refractivity contribution < 1.29 is 19.2 Å². The standard InChI is InChI=1S/C22H21N5O4/c23-15-8-10-26(19-13(15)5-2-9-24-19)11-12-3-1-4-14-18(12)22(31)27(21(14)30)16-6-7-17(28)25-20(16)29/h1-5,9,15-16H,6-8,10-11,23H2,(H,25,28,29). The Hall–Kier alpha value is -3.59. The number of carbonyl (C=O) groups excluding carboxylic acids is 4. The highest BCUT2D eigenvalue weighted by molar-refractivity contribution is 6.24. The highest BCUT2D eigenvalue weighted by Crippen LogP contribution is 2.34. The van der Waals surface area contributed by atoms with E-state index in [1.54, 1.807) is 18.3 Å². The minimum atomic E-state index is -0.978. The number of pyridine rings is 1. The van der Waals surface area contributed by atoms with Gasteiger partial charge in [0.25, 0.3) is 11.8 Å². The van der Waals surface area contributed by atoms with E-state index in [0.717, 1.165) is 22.7 Å². The number of imide groups is 2. The number of nitrogens with zero attached hydrogens (tertiary/aromatic N) is 3. The zero-order chi connectivity index (χ0) is 21.7. The molecule has 1 fully saturated rings. The molecule has 3 aliphatic heterocycles. The molecule has 9 nitrogen and oxygen atoms in total. The average molecular weight is 419 g/mol. The fourth-order valence-electron chi connectivity index (χ4n) is 4.60. The van der Waals surface area contributed by atoms with Gasteiger partial charge in [-0.3, -0.25) is 29.4 Å². The minimum Gasteiger partial charge on any atom is -0.352 e. The van der Waals surface area contributed by atoms with Crippen molar-refractivity contribution in [3.63, 3.8) is 0 Å². The lowest BCUT2D eigenvalue weighted by Gasteiger charge is -2.33. The lowest BCUT2D eigenvalue weighted by atomic mass is 9.98. The monoisotopic (exact) mass is 419 g/mol. The maximum atomic E-state index is 13.3. The Morgan fingerprint density at radius 3 is 2.71 bits per heavy atom. The number of anilines is 1. The van der Waals surface area contributed by atoms with Gasteiger partial charge in [0.05, 0.1) is 11.1 Å². The van der Waals surface area contributed by atoms with E-state index in [1.807, 2.05) is 18.2 Å². The molecule has 1 saturated heterocycles. The van der Waals surface area contributed by atoms with Crippen LogP contribution in [-0.4, -0.2) is 46.1 Å². The van der Waals surface area contributed by atoms with Crippen LogP contribution in [-0.2, 0) is 16.1 Å². The first-order chi connectivity index (χ1) is 15.0. The predicted octanol–water partition coefficient (Wildman–Crippen LogP) is 0.893. The van der Waals surface area contributed by atoms with Gasteiger partial charge in [-0.15, -0.1) is 0 Å². The Labute approximate surface area is 178 Å². The van der Waals surface area contributed by atoms with Gasteiger partial charge in [0.2, 0.25) is 11.8 Å². The number of amides is 4. The van der Waals surface area contributed by atoms with Crippen molar-refractivity contribution in [3.8, 4) is 0 Å². The smallest absolute Gasteiger partial charge is 0.262 e. The molecule has 0 aliphatic carbocycles. The van der Waals surface area contributed by atoms with Crippen molar-refractivity contribution in [3.05, 3.63) is 58.8 Å². The molecular weight excluding hydrogens is 398 g/mol. The topological polar surface area (TPSA) is 126 Å². The van der Waals surface area contributed by atoms with Crippen molar-refractivity contribution in [1.29, 1.82) is 0 Å². The van der Waals surface area contributed by atoms with Gasteiger partial charge in [0.15, 0.2) is 0 Å². The number of benzene rings is 1. The van der Waals surface area contributed by atoms with Crippen LogP contribution in [0.1, 0.15) is 57.1 Å². The van der Waals surface area contributed by atoms with Crippen LogP contribution in [0.4, 0.5) is 5.82 Å². The molecule has 1 aromatic carbocycles. The quantitative estimate of drug-likeness (QED) is 0.708. The summed E-state index contributed by atoms with van der Waals surface area (Å²) in [5.41, 5.74) is 8.46. The molecule has 0 bridgehead atoms. The van der Waals surface area contributed by atoms with Crippen molar-refractivity contribution in [2.24, 2.45) is 5.73 Å². The van der Waals surface area contributed by atoms with E-state index >= 15 is 0 Å². The minimum absolute atomic E-state index is 0.0901. The van der Waals surface area contributed by atoms with Crippen LogP contribution in [0.25, 0.3) is 0 Å². The summed E-state index contributed by atoms with van der Waals surface area (Å²) >= 11 is 0. The molecule has 3 N–H and O–H groups in total. The van der Waals surface area contributed by atoms with Crippen LogP contribution >= 0.6 is 0 Å². The Balaban J connectivity index is 1.47. The molecule has 0 saturated carbocycles. The summed E-state index contributed by atoms with van der Waals surface area (Å²) in [6, 6.07) is 7.89. The van der Waals surface area contributed by atoms with Gasteiger partial charge < -0.3 is 10.6 Å². The van der Waals surface area contributed by atoms with E-state index < -0.39 is 29.7 Å². The summed E-state index contributed by atoms with van der Waals surface area (Å²) in [7, 11) is 0. The number of nitrogens with one attached hydrogen (secondary N) is 1. The summed E-state index contributed by atoms with van der Waals surface area (Å²) in [6.45, 7) is 1.07. The van der Waals surface area contributed by atoms with Gasteiger partial charge >= 0.3 is 0 Å². The van der Waals surface area contributed by atoms with E-state index in [4.69, 9.17) is 5.73 Å². The van der Waals surface area contributed by atoms with Gasteiger partial charge in [-0.05, 0) is 30.5 Å². The Morgan fingerprint density at radius 2 is 1.90 bits per heavy atom. The maximum absolute atomic E-state index is 13.3. The molecule has 0 radical (unpaired) electrons. The second-order valence-electron chi connectivity index (χ2n) is 8.02. The molecule has 1 aromatic heterocycles. The second kappa shape index (κ2) is 7.28. The molecular formula is C22H21N5O4. The normalized spacial score (nSPS) is 23.0. The highest BCUT2D eigenvalue weighted by Gasteiger charge is 2.45. The van der Waals surface area contributed by atoms with E-state index in [-0.39, 0.29) is 24.4 Å². The van der Waals surface area contributed by atoms with E-state index in [1.165, 1.54) is 0 Å². The zero-order valence-corrected chi connectivity index (χ0v) is 16.7. The molecule has 9 heteroatoms. The first kappa shape index (κ1) is 19.4. The fourth-order valence-corrected chi connectivity index (χ4v) is 4.60. The lowest BCUT2D eigenvalue weighted by Crippen LogP contribution is -2.54. The third-order valence-corrected chi connectivity index (χ3v) is 6.14. The fraction of sp³-hybridized carbons (Fsp3) is 0.318. The number of hydrogen-bond donors (Lipinski definition) is 2. The van der Waals surface area contributed by atoms with E-state index in [2.05, 4.69) is 15.2 Å². The number of nitrogens with two attached hydrogens (primary N) is 1. The summed E-state index contributed by atoms with van der Waals surface area (Å²) in [4.78, 5) is 57.6. The molecule has 158 valence electrons. The molecule has 31 heavy (non-hydrogen) atoms. The Morgan fingerprint density at radius 1 is 1.06 bits per heavy atom. The van der Waals surface area contributed by atoms with E-state index in [9.17, 15) is 19.2 Å². The summed E-state index contributed by atoms with van der Waals surface area (Å²) in [6.07, 6.45) is 2.68. The van der Waals surface area contributed by atoms with Crippen LogP contribution in [0.2, 0.25) is 0 Å². The highest BCUT2D eigenvalue weighted by atomic mass is 16.2. The molecule has 4 amide bonds. The molecule has 2 atom stereocenters. The van der Waals surface area contributed by atoms with Gasteiger partial charge in [-0.25, -0.2) is 4.98 Å². The summed E-state index contributed by atoms with van der Waals surface area (Å²) in [5, 5.41) is 2.22. The SMILES string of the molecule is NC1CCN(Cc2cccc3c2C(=O)N(C2CCC(=O)NC2=O)C3=O)c2ncccc21. The number of hydrogen-bond acceptors (Lipinski definition) is 7. The zero-order valence-electron chi connectivity index (χ0n) is 16.7. The van der Waals surface area contributed by atoms with Gasteiger partial charge in [0.1, 0.15) is 11.9 Å². The van der Waals surface area contributed by atoms with Crippen LogP contribution in [0.15, 0.2) is 36.5 Å². The first-order valence-electron chi connectivity index (χ1n) is 10.2. The third kappa shape index (κ3) is 3.09. The van der Waals surface area contributed by atoms with Crippen molar-refractivity contribution in [2.75, 3.05) is 11.4 Å². The predicted molar refractivity (Wildman–Crippen MR) is 110 cm³/mol. The number of carbonyl (C=O) groups is 4. The summed E-state index contributed by atoms with van der Waals surface area (Å²) in [5.74, 6) is -1.24. The molecule has 0 spiro atoms. The number of aromatic nitrogens is 1. The van der Waals surface area contributed by atoms with Gasteiger partial charge in [-0.1, -0.05) is 18.2 Å². The number of rotatable bonds is 3. The third-order valence-electron chi connectivity index (χ3n) is 6.14. The van der Waals surface area contributed by atoms with Crippen LogP contribution in [0.3, 0.4) is 0 Å².